The molecule has 1 fully saturated rings. The van der Waals surface area contributed by atoms with Gasteiger partial charge in [-0.2, -0.15) is 0 Å². The summed E-state index contributed by atoms with van der Waals surface area (Å²) in [5, 5.41) is 0. The van der Waals surface area contributed by atoms with E-state index in [0.717, 1.165) is 25.9 Å². The number of nitrogens with two attached hydrogens (primary N) is 1. The van der Waals surface area contributed by atoms with Crippen LogP contribution in [0.3, 0.4) is 0 Å². The first-order valence-electron chi connectivity index (χ1n) is 6.92. The van der Waals surface area contributed by atoms with Gasteiger partial charge in [0, 0.05) is 40.3 Å². The zero-order chi connectivity index (χ0) is 14.4. The number of rotatable bonds is 5. The highest BCUT2D eigenvalue weighted by Crippen LogP contribution is 2.06. The first-order valence-corrected chi connectivity index (χ1v) is 6.92. The number of likely N-dealkylation sites (N-methyl/N-ethyl adjacent to an activating group) is 1. The topological polar surface area (TPSA) is 69.9 Å². The van der Waals surface area contributed by atoms with Crippen LogP contribution in [-0.4, -0.2) is 79.4 Å². The summed E-state index contributed by atoms with van der Waals surface area (Å²) in [4.78, 5) is 29.1. The molecule has 0 aromatic heterocycles. The van der Waals surface area contributed by atoms with Crippen molar-refractivity contribution in [1.29, 1.82) is 0 Å². The molecule has 0 aliphatic carbocycles. The molecule has 0 spiro atoms. The molecule has 1 heterocycles. The maximum absolute atomic E-state index is 12.0. The van der Waals surface area contributed by atoms with Crippen molar-refractivity contribution in [2.24, 2.45) is 5.73 Å². The molecule has 2 amide bonds. The minimum Gasteiger partial charge on any atom is -0.348 e. The van der Waals surface area contributed by atoms with Crippen LogP contribution < -0.4 is 5.73 Å². The van der Waals surface area contributed by atoms with Gasteiger partial charge in [-0.05, 0) is 6.42 Å². The lowest BCUT2D eigenvalue weighted by molar-refractivity contribution is -0.135. The Morgan fingerprint density at radius 3 is 2.26 bits per heavy atom. The predicted octanol–water partition coefficient (Wildman–Crippen LogP) is -0.654. The van der Waals surface area contributed by atoms with Crippen LogP contribution >= 0.6 is 0 Å². The Balaban J connectivity index is 2.36. The van der Waals surface area contributed by atoms with Gasteiger partial charge in [-0.1, -0.05) is 13.3 Å². The van der Waals surface area contributed by atoms with Crippen LogP contribution in [-0.2, 0) is 9.59 Å². The lowest BCUT2D eigenvalue weighted by atomic mass is 10.1. The van der Waals surface area contributed by atoms with Gasteiger partial charge < -0.3 is 15.5 Å². The Bertz CT molecular complexity index is 312. The molecular weight excluding hydrogens is 244 g/mol. The zero-order valence-corrected chi connectivity index (χ0v) is 12.3. The monoisotopic (exact) mass is 270 g/mol. The first-order chi connectivity index (χ1) is 8.95. The van der Waals surface area contributed by atoms with E-state index in [-0.39, 0.29) is 17.9 Å². The standard InChI is InChI=1S/C13H26N4O2/c1-4-5-11(14)13(19)17-8-6-16(7-9-17)10-12(18)15(2)3/h11H,4-10,14H2,1-3H3. The van der Waals surface area contributed by atoms with Crippen LogP contribution in [0, 0.1) is 0 Å². The summed E-state index contributed by atoms with van der Waals surface area (Å²) in [6, 6.07) is -0.375. The molecule has 110 valence electrons. The Hall–Kier alpha value is -1.14. The average molecular weight is 270 g/mol. The highest BCUT2D eigenvalue weighted by atomic mass is 16.2. The number of piperazine rings is 1. The molecule has 6 nitrogen and oxygen atoms in total. The van der Waals surface area contributed by atoms with Crippen molar-refractivity contribution in [3.05, 3.63) is 0 Å². The average Bonchev–Trinajstić information content (AvgIpc) is 2.39. The third-order valence-electron chi connectivity index (χ3n) is 3.46. The van der Waals surface area contributed by atoms with Crippen LogP contribution in [0.2, 0.25) is 0 Å². The molecule has 0 radical (unpaired) electrons. The van der Waals surface area contributed by atoms with Gasteiger partial charge in [-0.15, -0.1) is 0 Å². The maximum Gasteiger partial charge on any atom is 0.239 e. The van der Waals surface area contributed by atoms with Crippen molar-refractivity contribution in [3.8, 4) is 0 Å². The fraction of sp³-hybridized carbons (Fsp3) is 0.846. The fourth-order valence-corrected chi connectivity index (χ4v) is 2.13. The SMILES string of the molecule is CCCC(N)C(=O)N1CCN(CC(=O)N(C)C)CC1. The highest BCUT2D eigenvalue weighted by molar-refractivity contribution is 5.81. The van der Waals surface area contributed by atoms with E-state index in [9.17, 15) is 9.59 Å². The van der Waals surface area contributed by atoms with Crippen LogP contribution in [0.25, 0.3) is 0 Å². The number of hydrogen-bond acceptors (Lipinski definition) is 4. The van der Waals surface area contributed by atoms with E-state index < -0.39 is 0 Å². The first kappa shape index (κ1) is 15.9. The van der Waals surface area contributed by atoms with Crippen molar-refractivity contribution in [1.82, 2.24) is 14.7 Å². The van der Waals surface area contributed by atoms with E-state index in [4.69, 9.17) is 5.73 Å². The molecule has 1 saturated heterocycles. The van der Waals surface area contributed by atoms with Crippen LogP contribution in [0.4, 0.5) is 0 Å². The molecule has 0 aromatic carbocycles. The Labute approximate surface area is 115 Å². The molecule has 0 aromatic rings. The fourth-order valence-electron chi connectivity index (χ4n) is 2.13. The lowest BCUT2D eigenvalue weighted by Gasteiger charge is -2.35. The van der Waals surface area contributed by atoms with Crippen LogP contribution in [0.15, 0.2) is 0 Å². The number of carbonyl (C=O) groups is 2. The zero-order valence-electron chi connectivity index (χ0n) is 12.3. The number of nitrogens with zero attached hydrogens (tertiary/aromatic N) is 3. The van der Waals surface area contributed by atoms with Gasteiger partial charge in [-0.3, -0.25) is 14.5 Å². The van der Waals surface area contributed by atoms with Gasteiger partial charge in [0.25, 0.3) is 0 Å². The number of amides is 2. The summed E-state index contributed by atoms with van der Waals surface area (Å²) in [6.07, 6.45) is 1.66. The second-order valence-electron chi connectivity index (χ2n) is 5.28. The van der Waals surface area contributed by atoms with E-state index in [1.165, 1.54) is 0 Å². The third-order valence-corrected chi connectivity index (χ3v) is 3.46. The highest BCUT2D eigenvalue weighted by Gasteiger charge is 2.25. The van der Waals surface area contributed by atoms with E-state index in [0.29, 0.717) is 19.6 Å². The number of hydrogen-bond donors (Lipinski definition) is 1. The number of carbonyl (C=O) groups excluding carboxylic acids is 2. The molecule has 1 aliphatic heterocycles. The minimum absolute atomic E-state index is 0.0421. The molecule has 1 atom stereocenters. The molecule has 2 N–H and O–H groups in total. The molecule has 6 heteroatoms. The van der Waals surface area contributed by atoms with Gasteiger partial charge in [0.1, 0.15) is 0 Å². The second kappa shape index (κ2) is 7.45. The second-order valence-corrected chi connectivity index (χ2v) is 5.28. The summed E-state index contributed by atoms with van der Waals surface area (Å²) in [7, 11) is 3.51. The van der Waals surface area contributed by atoms with Gasteiger partial charge in [0.15, 0.2) is 0 Å². The van der Waals surface area contributed by atoms with Crippen LogP contribution in [0.5, 0.6) is 0 Å². The molecule has 0 saturated carbocycles. The summed E-state index contributed by atoms with van der Waals surface area (Å²) in [6.45, 7) is 5.26. The quantitative estimate of drug-likeness (QED) is 0.720. The third kappa shape index (κ3) is 4.80. The summed E-state index contributed by atoms with van der Waals surface area (Å²) in [5.41, 5.74) is 5.85. The van der Waals surface area contributed by atoms with Crippen molar-refractivity contribution in [2.45, 2.75) is 25.8 Å². The van der Waals surface area contributed by atoms with E-state index in [1.807, 2.05) is 11.8 Å². The molecular formula is C13H26N4O2. The minimum atomic E-state index is -0.375. The summed E-state index contributed by atoms with van der Waals surface area (Å²) < 4.78 is 0. The van der Waals surface area contributed by atoms with E-state index in [1.54, 1.807) is 19.0 Å². The van der Waals surface area contributed by atoms with Crippen molar-refractivity contribution in [3.63, 3.8) is 0 Å². The maximum atomic E-state index is 12.0. The van der Waals surface area contributed by atoms with Crippen molar-refractivity contribution >= 4 is 11.8 Å². The molecule has 1 rings (SSSR count). The Morgan fingerprint density at radius 2 is 1.79 bits per heavy atom. The largest absolute Gasteiger partial charge is 0.348 e. The molecule has 19 heavy (non-hydrogen) atoms. The summed E-state index contributed by atoms with van der Waals surface area (Å²) in [5.74, 6) is 0.142. The van der Waals surface area contributed by atoms with Gasteiger partial charge in [0.05, 0.1) is 12.6 Å². The van der Waals surface area contributed by atoms with Crippen LogP contribution in [0.1, 0.15) is 19.8 Å². The van der Waals surface area contributed by atoms with Crippen molar-refractivity contribution in [2.75, 3.05) is 46.8 Å². The lowest BCUT2D eigenvalue weighted by Crippen LogP contribution is -2.54. The smallest absolute Gasteiger partial charge is 0.239 e. The Kier molecular flexibility index (Phi) is 6.24. The van der Waals surface area contributed by atoms with Gasteiger partial charge >= 0.3 is 0 Å². The summed E-state index contributed by atoms with van der Waals surface area (Å²) >= 11 is 0. The predicted molar refractivity (Wildman–Crippen MR) is 74.6 cm³/mol. The van der Waals surface area contributed by atoms with E-state index >= 15 is 0 Å². The molecule has 0 bridgehead atoms. The molecule has 1 unspecified atom stereocenters. The van der Waals surface area contributed by atoms with Crippen molar-refractivity contribution < 1.29 is 9.59 Å². The Morgan fingerprint density at radius 1 is 1.21 bits per heavy atom. The normalized spacial score (nSPS) is 18.2. The van der Waals surface area contributed by atoms with Gasteiger partial charge in [-0.25, -0.2) is 0 Å². The molecule has 1 aliphatic rings. The van der Waals surface area contributed by atoms with Gasteiger partial charge in [0.2, 0.25) is 11.8 Å². The van der Waals surface area contributed by atoms with E-state index in [2.05, 4.69) is 4.90 Å².